The lowest BCUT2D eigenvalue weighted by molar-refractivity contribution is -0.140. The fourth-order valence-corrected chi connectivity index (χ4v) is 6.00. The maximum atomic E-state index is 12.2. The van der Waals surface area contributed by atoms with Gasteiger partial charge in [-0.2, -0.15) is 0 Å². The van der Waals surface area contributed by atoms with Crippen LogP contribution in [0.1, 0.15) is 62.9 Å². The van der Waals surface area contributed by atoms with E-state index in [-0.39, 0.29) is 17.3 Å². The molecule has 3 aromatic rings. The van der Waals surface area contributed by atoms with Crippen molar-refractivity contribution in [3.05, 3.63) is 53.9 Å². The molecule has 1 aliphatic carbocycles. The SMILES string of the molecule is CC1CC(Sc2nnc(Cc3cccc4ccccc34)n2C2CCCCC2)C(=O)O1. The number of esters is 1. The molecule has 1 aromatic heterocycles. The van der Waals surface area contributed by atoms with Crippen LogP contribution < -0.4 is 0 Å². The molecule has 5 rings (SSSR count). The molecule has 2 atom stereocenters. The van der Waals surface area contributed by atoms with E-state index in [0.717, 1.165) is 36.7 Å². The molecular formula is C24H27N3O2S. The maximum Gasteiger partial charge on any atom is 0.319 e. The van der Waals surface area contributed by atoms with Gasteiger partial charge in [-0.25, -0.2) is 0 Å². The summed E-state index contributed by atoms with van der Waals surface area (Å²) >= 11 is 1.53. The maximum absolute atomic E-state index is 12.2. The lowest BCUT2D eigenvalue weighted by Gasteiger charge is -2.26. The Balaban J connectivity index is 1.49. The predicted octanol–water partition coefficient (Wildman–Crippen LogP) is 5.32. The topological polar surface area (TPSA) is 57.0 Å². The molecule has 1 saturated carbocycles. The molecule has 0 spiro atoms. The number of nitrogens with zero attached hydrogens (tertiary/aromatic N) is 3. The van der Waals surface area contributed by atoms with Crippen LogP contribution in [0.25, 0.3) is 10.8 Å². The van der Waals surface area contributed by atoms with Gasteiger partial charge in [0.1, 0.15) is 17.2 Å². The van der Waals surface area contributed by atoms with E-state index in [1.54, 1.807) is 0 Å². The van der Waals surface area contributed by atoms with Crippen LogP contribution in [0.15, 0.2) is 47.6 Å². The van der Waals surface area contributed by atoms with Crippen molar-refractivity contribution >= 4 is 28.5 Å². The summed E-state index contributed by atoms with van der Waals surface area (Å²) in [5, 5.41) is 12.4. The van der Waals surface area contributed by atoms with Crippen molar-refractivity contribution in [1.29, 1.82) is 0 Å². The average molecular weight is 422 g/mol. The first-order chi connectivity index (χ1) is 14.7. The van der Waals surface area contributed by atoms with Crippen LogP contribution >= 0.6 is 11.8 Å². The second-order valence-corrected chi connectivity index (χ2v) is 9.64. The number of carbonyl (C=O) groups is 1. The van der Waals surface area contributed by atoms with Crippen LogP contribution in [-0.4, -0.2) is 32.1 Å². The minimum Gasteiger partial charge on any atom is -0.462 e. The van der Waals surface area contributed by atoms with Gasteiger partial charge in [-0.3, -0.25) is 4.79 Å². The Bertz CT molecular complexity index is 1050. The normalized spacial score (nSPS) is 22.5. The fourth-order valence-electron chi connectivity index (χ4n) is 4.77. The van der Waals surface area contributed by atoms with Crippen molar-refractivity contribution in [3.63, 3.8) is 0 Å². The molecule has 30 heavy (non-hydrogen) atoms. The third-order valence-electron chi connectivity index (χ3n) is 6.28. The first-order valence-electron chi connectivity index (χ1n) is 11.0. The van der Waals surface area contributed by atoms with E-state index in [4.69, 9.17) is 4.74 Å². The monoisotopic (exact) mass is 421 g/mol. The molecule has 1 saturated heterocycles. The summed E-state index contributed by atoms with van der Waals surface area (Å²) in [6, 6.07) is 15.4. The smallest absolute Gasteiger partial charge is 0.319 e. The summed E-state index contributed by atoms with van der Waals surface area (Å²) in [5.74, 6) is 0.876. The number of hydrogen-bond donors (Lipinski definition) is 0. The van der Waals surface area contributed by atoms with E-state index in [0.29, 0.717) is 6.04 Å². The molecule has 2 fully saturated rings. The summed E-state index contributed by atoms with van der Waals surface area (Å²) in [5.41, 5.74) is 1.27. The second kappa shape index (κ2) is 8.42. The van der Waals surface area contributed by atoms with Crippen molar-refractivity contribution in [2.75, 3.05) is 0 Å². The van der Waals surface area contributed by atoms with Crippen LogP contribution in [0.3, 0.4) is 0 Å². The molecule has 0 bridgehead atoms. The molecule has 5 nitrogen and oxygen atoms in total. The largest absolute Gasteiger partial charge is 0.462 e. The highest BCUT2D eigenvalue weighted by atomic mass is 32.2. The van der Waals surface area contributed by atoms with Gasteiger partial charge in [0.2, 0.25) is 0 Å². The first kappa shape index (κ1) is 19.6. The number of ether oxygens (including phenoxy) is 1. The third-order valence-corrected chi connectivity index (χ3v) is 7.44. The van der Waals surface area contributed by atoms with Gasteiger partial charge in [0.25, 0.3) is 0 Å². The van der Waals surface area contributed by atoms with Gasteiger partial charge < -0.3 is 9.30 Å². The molecule has 1 aliphatic heterocycles. The number of aromatic nitrogens is 3. The molecule has 2 aliphatic rings. The molecular weight excluding hydrogens is 394 g/mol. The number of benzene rings is 2. The van der Waals surface area contributed by atoms with Crippen LogP contribution in [0.5, 0.6) is 0 Å². The minimum absolute atomic E-state index is 0.0174. The fraction of sp³-hybridized carbons (Fsp3) is 0.458. The molecule has 0 N–H and O–H groups in total. The predicted molar refractivity (Wildman–Crippen MR) is 119 cm³/mol. The Labute approximate surface area is 181 Å². The second-order valence-electron chi connectivity index (χ2n) is 8.47. The van der Waals surface area contributed by atoms with Crippen molar-refractivity contribution in [1.82, 2.24) is 14.8 Å². The van der Waals surface area contributed by atoms with Gasteiger partial charge in [0, 0.05) is 18.9 Å². The number of hydrogen-bond acceptors (Lipinski definition) is 5. The van der Waals surface area contributed by atoms with E-state index in [2.05, 4.69) is 57.2 Å². The van der Waals surface area contributed by atoms with E-state index < -0.39 is 0 Å². The molecule has 2 aromatic carbocycles. The van der Waals surface area contributed by atoms with Crippen molar-refractivity contribution in [2.24, 2.45) is 0 Å². The van der Waals surface area contributed by atoms with Crippen LogP contribution in [0, 0.1) is 0 Å². The Morgan fingerprint density at radius 2 is 1.87 bits per heavy atom. The summed E-state index contributed by atoms with van der Waals surface area (Å²) in [4.78, 5) is 12.2. The molecule has 2 heterocycles. The Hall–Kier alpha value is -2.34. The Morgan fingerprint density at radius 1 is 1.07 bits per heavy atom. The molecule has 2 unspecified atom stereocenters. The zero-order chi connectivity index (χ0) is 20.5. The van der Waals surface area contributed by atoms with Gasteiger partial charge in [0.15, 0.2) is 5.16 Å². The van der Waals surface area contributed by atoms with E-state index in [9.17, 15) is 4.79 Å². The third kappa shape index (κ3) is 3.85. The number of rotatable bonds is 5. The molecule has 156 valence electrons. The number of cyclic esters (lactones) is 1. The molecule has 6 heteroatoms. The standard InChI is InChI=1S/C24H27N3O2S/c1-16-14-21(23(28)29-16)30-24-26-25-22(27(24)19-11-3-2-4-12-19)15-18-10-7-9-17-8-5-6-13-20(17)18/h5-10,13,16,19,21H,2-4,11-12,14-15H2,1H3. The van der Waals surface area contributed by atoms with E-state index in [1.807, 2.05) is 6.92 Å². The van der Waals surface area contributed by atoms with Gasteiger partial charge in [-0.1, -0.05) is 73.5 Å². The highest BCUT2D eigenvalue weighted by molar-refractivity contribution is 8.00. The van der Waals surface area contributed by atoms with Gasteiger partial charge >= 0.3 is 5.97 Å². The van der Waals surface area contributed by atoms with E-state index in [1.165, 1.54) is 47.4 Å². The van der Waals surface area contributed by atoms with Crippen molar-refractivity contribution in [2.45, 2.75) is 74.4 Å². The van der Waals surface area contributed by atoms with Crippen LogP contribution in [0.2, 0.25) is 0 Å². The highest BCUT2D eigenvalue weighted by Crippen LogP contribution is 2.37. The molecule has 0 radical (unpaired) electrons. The quantitative estimate of drug-likeness (QED) is 0.522. The van der Waals surface area contributed by atoms with Gasteiger partial charge in [-0.15, -0.1) is 10.2 Å². The molecule has 0 amide bonds. The van der Waals surface area contributed by atoms with Gasteiger partial charge in [0.05, 0.1) is 0 Å². The number of carbonyl (C=O) groups excluding carboxylic acids is 1. The van der Waals surface area contributed by atoms with Crippen molar-refractivity contribution in [3.8, 4) is 0 Å². The minimum atomic E-state index is -0.183. The van der Waals surface area contributed by atoms with Crippen LogP contribution in [0.4, 0.5) is 0 Å². The zero-order valence-corrected chi connectivity index (χ0v) is 18.1. The van der Waals surface area contributed by atoms with E-state index >= 15 is 0 Å². The Morgan fingerprint density at radius 3 is 2.67 bits per heavy atom. The first-order valence-corrected chi connectivity index (χ1v) is 11.8. The number of thioether (sulfide) groups is 1. The average Bonchev–Trinajstić information content (AvgIpc) is 3.31. The number of fused-ring (bicyclic) bond motifs is 1. The zero-order valence-electron chi connectivity index (χ0n) is 17.3. The Kier molecular flexibility index (Phi) is 5.50. The summed E-state index contributed by atoms with van der Waals surface area (Å²) in [6.45, 7) is 1.95. The summed E-state index contributed by atoms with van der Waals surface area (Å²) in [7, 11) is 0. The van der Waals surface area contributed by atoms with Gasteiger partial charge in [-0.05, 0) is 36.1 Å². The summed E-state index contributed by atoms with van der Waals surface area (Å²) in [6.07, 6.45) is 7.55. The van der Waals surface area contributed by atoms with Crippen molar-refractivity contribution < 1.29 is 9.53 Å². The van der Waals surface area contributed by atoms with Crippen LogP contribution in [-0.2, 0) is 16.0 Å². The lowest BCUT2D eigenvalue weighted by Crippen LogP contribution is -2.18. The lowest BCUT2D eigenvalue weighted by atomic mass is 9.95. The summed E-state index contributed by atoms with van der Waals surface area (Å²) < 4.78 is 7.70. The highest BCUT2D eigenvalue weighted by Gasteiger charge is 2.35.